The van der Waals surface area contributed by atoms with Gasteiger partial charge in [-0.2, -0.15) is 0 Å². The second kappa shape index (κ2) is 6.61. The lowest BCUT2D eigenvalue weighted by Crippen LogP contribution is -2.04. The smallest absolute Gasteiger partial charge is 0.315 e. The van der Waals surface area contributed by atoms with Crippen molar-refractivity contribution in [2.24, 2.45) is 0 Å². The van der Waals surface area contributed by atoms with Crippen molar-refractivity contribution in [1.29, 1.82) is 0 Å². The summed E-state index contributed by atoms with van der Waals surface area (Å²) in [5.41, 5.74) is 1.20. The van der Waals surface area contributed by atoms with Crippen molar-refractivity contribution < 1.29 is 4.42 Å². The largest absolute Gasteiger partial charge is 0.408 e. The highest BCUT2D eigenvalue weighted by Gasteiger charge is 2.04. The predicted molar refractivity (Wildman–Crippen MR) is 72.4 cm³/mol. The van der Waals surface area contributed by atoms with E-state index in [1.807, 2.05) is 24.3 Å². The van der Waals surface area contributed by atoms with Crippen molar-refractivity contribution >= 4 is 29.2 Å². The molecule has 4 nitrogen and oxygen atoms in total. The van der Waals surface area contributed by atoms with Crippen LogP contribution in [0, 0.1) is 0 Å². The summed E-state index contributed by atoms with van der Waals surface area (Å²) in [7, 11) is 0. The number of aryl methyl sites for hydroxylation is 1. The Labute approximate surface area is 115 Å². The van der Waals surface area contributed by atoms with Gasteiger partial charge in [0.1, 0.15) is 0 Å². The third-order valence-electron chi connectivity index (χ3n) is 2.38. The Morgan fingerprint density at radius 3 is 2.61 bits per heavy atom. The Balaban J connectivity index is 1.79. The van der Waals surface area contributed by atoms with Gasteiger partial charge in [0.2, 0.25) is 5.89 Å². The molecule has 0 unspecified atom stereocenters. The van der Waals surface area contributed by atoms with Gasteiger partial charge < -0.3 is 9.73 Å². The number of anilines is 1. The van der Waals surface area contributed by atoms with Crippen molar-refractivity contribution in [3.05, 3.63) is 40.7 Å². The fourth-order valence-electron chi connectivity index (χ4n) is 1.47. The summed E-state index contributed by atoms with van der Waals surface area (Å²) >= 11 is 11.4. The van der Waals surface area contributed by atoms with E-state index in [1.54, 1.807) is 0 Å². The number of hydrogen-bond donors (Lipinski definition) is 1. The number of aromatic nitrogens is 2. The van der Waals surface area contributed by atoms with Gasteiger partial charge in [-0.15, -0.1) is 16.7 Å². The number of rotatable bonds is 6. The van der Waals surface area contributed by atoms with Crippen LogP contribution >= 0.6 is 23.2 Å². The molecular weight excluding hydrogens is 273 g/mol. The maximum Gasteiger partial charge on any atom is 0.315 e. The molecule has 0 spiro atoms. The quantitative estimate of drug-likeness (QED) is 0.829. The van der Waals surface area contributed by atoms with Crippen molar-refractivity contribution in [2.75, 3.05) is 17.7 Å². The van der Waals surface area contributed by atoms with E-state index in [1.165, 1.54) is 5.56 Å². The molecule has 0 aliphatic carbocycles. The molecule has 1 aromatic heterocycles. The highest BCUT2D eigenvalue weighted by atomic mass is 35.5. The van der Waals surface area contributed by atoms with E-state index in [0.29, 0.717) is 24.2 Å². The molecule has 18 heavy (non-hydrogen) atoms. The molecular formula is C12H13Cl2N3O. The first kappa shape index (κ1) is 13.2. The lowest BCUT2D eigenvalue weighted by molar-refractivity contribution is 0.512. The minimum atomic E-state index is 0.434. The van der Waals surface area contributed by atoms with Crippen molar-refractivity contribution in [3.8, 4) is 0 Å². The van der Waals surface area contributed by atoms with Gasteiger partial charge in [0.15, 0.2) is 0 Å². The average molecular weight is 286 g/mol. The van der Waals surface area contributed by atoms with Crippen molar-refractivity contribution in [3.63, 3.8) is 0 Å². The molecule has 0 amide bonds. The normalized spacial score (nSPS) is 10.6. The zero-order valence-electron chi connectivity index (χ0n) is 9.70. The predicted octanol–water partition coefficient (Wildman–Crippen LogP) is 3.16. The van der Waals surface area contributed by atoms with Crippen LogP contribution in [-0.2, 0) is 12.8 Å². The molecule has 2 aromatic rings. The summed E-state index contributed by atoms with van der Waals surface area (Å²) in [5.74, 6) is 1.03. The van der Waals surface area contributed by atoms with E-state index < -0.39 is 0 Å². The van der Waals surface area contributed by atoms with Gasteiger partial charge in [0.05, 0.1) is 0 Å². The monoisotopic (exact) mass is 285 g/mol. The number of alkyl halides is 1. The number of hydrogen-bond acceptors (Lipinski definition) is 4. The zero-order valence-corrected chi connectivity index (χ0v) is 11.2. The molecule has 0 saturated heterocycles. The first-order valence-electron chi connectivity index (χ1n) is 5.64. The van der Waals surface area contributed by atoms with Crippen LogP contribution in [0.15, 0.2) is 28.7 Å². The molecule has 0 aliphatic heterocycles. The van der Waals surface area contributed by atoms with Gasteiger partial charge in [-0.05, 0) is 24.1 Å². The minimum absolute atomic E-state index is 0.434. The van der Waals surface area contributed by atoms with E-state index in [9.17, 15) is 0 Å². The Morgan fingerprint density at radius 1 is 1.11 bits per heavy atom. The van der Waals surface area contributed by atoms with Crippen LogP contribution in [-0.4, -0.2) is 22.6 Å². The molecule has 0 atom stereocenters. The Kier molecular flexibility index (Phi) is 4.84. The average Bonchev–Trinajstić information content (AvgIpc) is 2.80. The van der Waals surface area contributed by atoms with Gasteiger partial charge >= 0.3 is 6.01 Å². The number of nitrogens with one attached hydrogen (secondary N) is 1. The zero-order chi connectivity index (χ0) is 12.8. The number of nitrogens with zero attached hydrogens (tertiary/aromatic N) is 2. The number of halogens is 2. The van der Waals surface area contributed by atoms with Crippen LogP contribution in [0.1, 0.15) is 11.5 Å². The van der Waals surface area contributed by atoms with Crippen LogP contribution in [0.3, 0.4) is 0 Å². The van der Waals surface area contributed by atoms with Gasteiger partial charge in [0, 0.05) is 23.9 Å². The van der Waals surface area contributed by atoms with Crippen molar-refractivity contribution in [2.45, 2.75) is 12.8 Å². The summed E-state index contributed by atoms with van der Waals surface area (Å²) in [4.78, 5) is 0. The first-order valence-corrected chi connectivity index (χ1v) is 6.56. The molecule has 0 radical (unpaired) electrons. The Morgan fingerprint density at radius 2 is 1.89 bits per heavy atom. The van der Waals surface area contributed by atoms with Crippen LogP contribution < -0.4 is 5.32 Å². The maximum absolute atomic E-state index is 5.81. The van der Waals surface area contributed by atoms with Crippen LogP contribution in [0.4, 0.5) is 6.01 Å². The van der Waals surface area contributed by atoms with Gasteiger partial charge in [-0.25, -0.2) is 0 Å². The van der Waals surface area contributed by atoms with E-state index in [0.717, 1.165) is 18.0 Å². The molecule has 1 aromatic carbocycles. The molecule has 0 fully saturated rings. The number of benzene rings is 1. The van der Waals surface area contributed by atoms with Gasteiger partial charge in [-0.1, -0.05) is 28.8 Å². The highest BCUT2D eigenvalue weighted by molar-refractivity contribution is 6.30. The highest BCUT2D eigenvalue weighted by Crippen LogP contribution is 2.11. The lowest BCUT2D eigenvalue weighted by atomic mass is 10.1. The topological polar surface area (TPSA) is 51.0 Å². The maximum atomic E-state index is 5.81. The standard InChI is InChI=1S/C12H13Cl2N3O/c13-7-5-11-16-17-12(18-11)15-8-6-9-1-3-10(14)4-2-9/h1-4H,5-8H2,(H,15,17). The summed E-state index contributed by atoms with van der Waals surface area (Å²) in [6.07, 6.45) is 1.46. The lowest BCUT2D eigenvalue weighted by Gasteiger charge is -2.01. The molecule has 1 heterocycles. The fraction of sp³-hybridized carbons (Fsp3) is 0.333. The minimum Gasteiger partial charge on any atom is -0.408 e. The van der Waals surface area contributed by atoms with Crippen LogP contribution in [0.5, 0.6) is 0 Å². The van der Waals surface area contributed by atoms with Crippen LogP contribution in [0.2, 0.25) is 5.02 Å². The third kappa shape index (κ3) is 3.89. The summed E-state index contributed by atoms with van der Waals surface area (Å²) in [5, 5.41) is 11.5. The van der Waals surface area contributed by atoms with E-state index in [2.05, 4.69) is 15.5 Å². The summed E-state index contributed by atoms with van der Waals surface area (Å²) < 4.78 is 5.34. The SMILES string of the molecule is ClCCc1nnc(NCCc2ccc(Cl)cc2)o1. The molecule has 2 rings (SSSR count). The van der Waals surface area contributed by atoms with E-state index in [-0.39, 0.29) is 0 Å². The molecule has 0 bridgehead atoms. The van der Waals surface area contributed by atoms with Gasteiger partial charge in [-0.3, -0.25) is 0 Å². The van der Waals surface area contributed by atoms with E-state index in [4.69, 9.17) is 27.6 Å². The summed E-state index contributed by atoms with van der Waals surface area (Å²) in [6, 6.07) is 8.18. The Hall–Kier alpha value is -1.26. The fourth-order valence-corrected chi connectivity index (χ4v) is 1.76. The van der Waals surface area contributed by atoms with E-state index >= 15 is 0 Å². The Bertz CT molecular complexity index is 484. The molecule has 0 aliphatic rings. The third-order valence-corrected chi connectivity index (χ3v) is 2.82. The molecule has 0 saturated carbocycles. The van der Waals surface area contributed by atoms with Gasteiger partial charge in [0.25, 0.3) is 0 Å². The second-order valence-corrected chi connectivity index (χ2v) is 4.56. The second-order valence-electron chi connectivity index (χ2n) is 3.74. The van der Waals surface area contributed by atoms with Crippen LogP contribution in [0.25, 0.3) is 0 Å². The molecule has 6 heteroatoms. The molecule has 1 N–H and O–H groups in total. The first-order chi connectivity index (χ1) is 8.78. The van der Waals surface area contributed by atoms with Crippen molar-refractivity contribution in [1.82, 2.24) is 10.2 Å². The summed E-state index contributed by atoms with van der Waals surface area (Å²) in [6.45, 7) is 0.726. The molecule has 96 valence electrons.